The van der Waals surface area contributed by atoms with Crippen LogP contribution in [-0.2, 0) is 6.42 Å². The maximum Gasteiger partial charge on any atom is 0.268 e. The van der Waals surface area contributed by atoms with Crippen LogP contribution < -0.4 is 5.73 Å². The van der Waals surface area contributed by atoms with Gasteiger partial charge in [0.25, 0.3) is 5.91 Å². The Kier molecular flexibility index (Phi) is 3.54. The van der Waals surface area contributed by atoms with Crippen molar-refractivity contribution in [2.75, 3.05) is 0 Å². The first kappa shape index (κ1) is 11.8. The molecule has 1 aromatic heterocycles. The molecule has 0 bridgehead atoms. The number of nitrogens with two attached hydrogens (primary N) is 1. The lowest BCUT2D eigenvalue weighted by Crippen LogP contribution is -2.11. The Hall–Kier alpha value is -1.68. The molecule has 0 aliphatic carbocycles. The summed E-state index contributed by atoms with van der Waals surface area (Å²) in [5.74, 6) is -0.157. The Morgan fingerprint density at radius 3 is 2.71 bits per heavy atom. The number of benzene rings is 1. The molecule has 0 saturated heterocycles. The predicted molar refractivity (Wildman–Crippen MR) is 69.2 cm³/mol. The molecule has 4 heteroatoms. The first-order valence-corrected chi connectivity index (χ1v) is 6.34. The van der Waals surface area contributed by atoms with Crippen molar-refractivity contribution < 1.29 is 4.79 Å². The second kappa shape index (κ2) is 5.10. The number of primary amides is 1. The summed E-state index contributed by atoms with van der Waals surface area (Å²) in [6.07, 6.45) is 0.923. The van der Waals surface area contributed by atoms with E-state index in [1.165, 1.54) is 16.9 Å². The first-order valence-electron chi connectivity index (χ1n) is 5.46. The van der Waals surface area contributed by atoms with Crippen LogP contribution in [0.2, 0.25) is 0 Å². The average Bonchev–Trinajstić information content (AvgIpc) is 2.79. The molecule has 0 spiro atoms. The van der Waals surface area contributed by atoms with E-state index in [1.54, 1.807) is 5.38 Å². The molecule has 1 unspecified atom stereocenters. The molecule has 3 nitrogen and oxygen atoms in total. The van der Waals surface area contributed by atoms with Gasteiger partial charge in [0.1, 0.15) is 5.69 Å². The van der Waals surface area contributed by atoms with Crippen LogP contribution in [0.5, 0.6) is 0 Å². The quantitative estimate of drug-likeness (QED) is 0.901. The Morgan fingerprint density at radius 2 is 2.12 bits per heavy atom. The standard InChI is InChI=1S/C13H14N2OS/c1-9(7-10-5-3-2-4-6-10)13-15-11(8-17-13)12(14)16/h2-6,8-9H,7H2,1H3,(H2,14,16). The van der Waals surface area contributed by atoms with Crippen LogP contribution in [0.4, 0.5) is 0 Å². The first-order chi connectivity index (χ1) is 8.16. The average molecular weight is 246 g/mol. The van der Waals surface area contributed by atoms with Crippen molar-refractivity contribution in [3.05, 3.63) is 52.0 Å². The number of thiazole rings is 1. The van der Waals surface area contributed by atoms with E-state index in [0.717, 1.165) is 11.4 Å². The van der Waals surface area contributed by atoms with Crippen molar-refractivity contribution in [2.24, 2.45) is 5.73 Å². The van der Waals surface area contributed by atoms with Gasteiger partial charge in [-0.25, -0.2) is 4.98 Å². The third kappa shape index (κ3) is 2.91. The number of nitrogens with zero attached hydrogens (tertiary/aromatic N) is 1. The van der Waals surface area contributed by atoms with Gasteiger partial charge < -0.3 is 5.73 Å². The molecule has 1 aromatic carbocycles. The van der Waals surface area contributed by atoms with E-state index in [9.17, 15) is 4.79 Å². The van der Waals surface area contributed by atoms with E-state index in [0.29, 0.717) is 11.6 Å². The van der Waals surface area contributed by atoms with Crippen LogP contribution in [0.1, 0.15) is 33.9 Å². The summed E-state index contributed by atoms with van der Waals surface area (Å²) < 4.78 is 0. The van der Waals surface area contributed by atoms with Gasteiger partial charge in [0.05, 0.1) is 5.01 Å². The Labute approximate surface area is 104 Å². The van der Waals surface area contributed by atoms with Crippen LogP contribution in [0.3, 0.4) is 0 Å². The fraction of sp³-hybridized carbons (Fsp3) is 0.231. The number of hydrogen-bond acceptors (Lipinski definition) is 3. The lowest BCUT2D eigenvalue weighted by Gasteiger charge is -2.07. The molecule has 0 saturated carbocycles. The van der Waals surface area contributed by atoms with E-state index in [4.69, 9.17) is 5.73 Å². The molecule has 17 heavy (non-hydrogen) atoms. The van der Waals surface area contributed by atoms with Crippen LogP contribution in [-0.4, -0.2) is 10.9 Å². The van der Waals surface area contributed by atoms with E-state index >= 15 is 0 Å². The minimum absolute atomic E-state index is 0.301. The Balaban J connectivity index is 2.09. The monoisotopic (exact) mass is 246 g/mol. The number of hydrogen-bond donors (Lipinski definition) is 1. The minimum atomic E-state index is -0.459. The molecule has 1 amide bonds. The molecule has 2 rings (SSSR count). The summed E-state index contributed by atoms with van der Waals surface area (Å²) in [5, 5.41) is 2.68. The number of aromatic nitrogens is 1. The highest BCUT2D eigenvalue weighted by Crippen LogP contribution is 2.23. The lowest BCUT2D eigenvalue weighted by atomic mass is 10.0. The molecule has 0 aliphatic heterocycles. The Morgan fingerprint density at radius 1 is 1.41 bits per heavy atom. The van der Waals surface area contributed by atoms with E-state index in [-0.39, 0.29) is 0 Å². The molecule has 1 heterocycles. The number of carbonyl (C=O) groups is 1. The van der Waals surface area contributed by atoms with Crippen LogP contribution in [0, 0.1) is 0 Å². The van der Waals surface area contributed by atoms with Gasteiger partial charge in [-0.2, -0.15) is 0 Å². The smallest absolute Gasteiger partial charge is 0.268 e. The molecular formula is C13H14N2OS. The maximum atomic E-state index is 11.0. The summed E-state index contributed by atoms with van der Waals surface area (Å²) in [6, 6.07) is 10.2. The molecule has 2 N–H and O–H groups in total. The SMILES string of the molecule is CC(Cc1ccccc1)c1nc(C(N)=O)cs1. The number of rotatable bonds is 4. The zero-order chi connectivity index (χ0) is 12.3. The van der Waals surface area contributed by atoms with Gasteiger partial charge in [0.2, 0.25) is 0 Å². The number of carbonyl (C=O) groups excluding carboxylic acids is 1. The van der Waals surface area contributed by atoms with Crippen molar-refractivity contribution in [2.45, 2.75) is 19.3 Å². The van der Waals surface area contributed by atoms with E-state index < -0.39 is 5.91 Å². The highest BCUT2D eigenvalue weighted by molar-refractivity contribution is 7.09. The third-order valence-electron chi connectivity index (χ3n) is 2.58. The van der Waals surface area contributed by atoms with Crippen molar-refractivity contribution in [1.29, 1.82) is 0 Å². The summed E-state index contributed by atoms with van der Waals surface area (Å²) >= 11 is 1.49. The predicted octanol–water partition coefficient (Wildman–Crippen LogP) is 2.59. The van der Waals surface area contributed by atoms with Gasteiger partial charge in [-0.3, -0.25) is 4.79 Å². The fourth-order valence-corrected chi connectivity index (χ4v) is 2.55. The minimum Gasteiger partial charge on any atom is -0.364 e. The summed E-state index contributed by atoms with van der Waals surface area (Å²) in [4.78, 5) is 15.2. The second-order valence-corrected chi connectivity index (χ2v) is 4.92. The number of amides is 1. The molecule has 2 aromatic rings. The molecule has 0 fully saturated rings. The van der Waals surface area contributed by atoms with Crippen molar-refractivity contribution in [3.8, 4) is 0 Å². The fourth-order valence-electron chi connectivity index (χ4n) is 1.68. The highest BCUT2D eigenvalue weighted by Gasteiger charge is 2.13. The van der Waals surface area contributed by atoms with Gasteiger partial charge in [-0.05, 0) is 12.0 Å². The topological polar surface area (TPSA) is 56.0 Å². The van der Waals surface area contributed by atoms with E-state index in [2.05, 4.69) is 24.0 Å². The molecule has 0 aliphatic rings. The van der Waals surface area contributed by atoms with Crippen LogP contribution >= 0.6 is 11.3 Å². The molecule has 88 valence electrons. The second-order valence-electron chi connectivity index (χ2n) is 4.03. The van der Waals surface area contributed by atoms with Crippen LogP contribution in [0.25, 0.3) is 0 Å². The van der Waals surface area contributed by atoms with Crippen molar-refractivity contribution in [3.63, 3.8) is 0 Å². The van der Waals surface area contributed by atoms with Crippen LogP contribution in [0.15, 0.2) is 35.7 Å². The third-order valence-corrected chi connectivity index (χ3v) is 3.66. The molecule has 0 radical (unpaired) electrons. The highest BCUT2D eigenvalue weighted by atomic mass is 32.1. The normalized spacial score (nSPS) is 12.3. The lowest BCUT2D eigenvalue weighted by molar-refractivity contribution is 0.0996. The summed E-state index contributed by atoms with van der Waals surface area (Å²) in [7, 11) is 0. The summed E-state index contributed by atoms with van der Waals surface area (Å²) in [6.45, 7) is 2.11. The molecule has 1 atom stereocenters. The zero-order valence-electron chi connectivity index (χ0n) is 9.59. The van der Waals surface area contributed by atoms with E-state index in [1.807, 2.05) is 18.2 Å². The van der Waals surface area contributed by atoms with Crippen molar-refractivity contribution in [1.82, 2.24) is 4.98 Å². The molecular weight excluding hydrogens is 232 g/mol. The summed E-state index contributed by atoms with van der Waals surface area (Å²) in [5.41, 5.74) is 6.82. The largest absolute Gasteiger partial charge is 0.364 e. The van der Waals surface area contributed by atoms with Gasteiger partial charge in [-0.15, -0.1) is 11.3 Å². The van der Waals surface area contributed by atoms with Gasteiger partial charge in [0, 0.05) is 11.3 Å². The zero-order valence-corrected chi connectivity index (χ0v) is 10.4. The van der Waals surface area contributed by atoms with Crippen molar-refractivity contribution >= 4 is 17.2 Å². The maximum absolute atomic E-state index is 11.0. The van der Waals surface area contributed by atoms with Gasteiger partial charge >= 0.3 is 0 Å². The van der Waals surface area contributed by atoms with Gasteiger partial charge in [-0.1, -0.05) is 37.3 Å². The van der Waals surface area contributed by atoms with Gasteiger partial charge in [0.15, 0.2) is 0 Å². The Bertz CT molecular complexity index is 507.